The fourth-order valence-electron chi connectivity index (χ4n) is 3.90. The summed E-state index contributed by atoms with van der Waals surface area (Å²) < 4.78 is 10.9. The van der Waals surface area contributed by atoms with Gasteiger partial charge in [0.2, 0.25) is 0 Å². The molecule has 1 aliphatic rings. The Bertz CT molecular complexity index is 932. The van der Waals surface area contributed by atoms with Gasteiger partial charge in [0.1, 0.15) is 12.1 Å². The standard InChI is InChI=1S/C21H24N4O2/c1-26-19-9-17-18(10-20(19)27-2)23-13-24-21(17)25-11-15(8-16(22)12-25)14-6-4-3-5-7-14/h3-7,9-10,13,15-16H,8,11-12,22H2,1-2H3. The van der Waals surface area contributed by atoms with Crippen LogP contribution in [0.4, 0.5) is 5.82 Å². The highest BCUT2D eigenvalue weighted by molar-refractivity contribution is 5.92. The maximum atomic E-state index is 6.41. The zero-order valence-electron chi connectivity index (χ0n) is 15.6. The first-order chi connectivity index (χ1) is 13.2. The van der Waals surface area contributed by atoms with Gasteiger partial charge in [-0.3, -0.25) is 0 Å². The van der Waals surface area contributed by atoms with Gasteiger partial charge >= 0.3 is 0 Å². The first-order valence-corrected chi connectivity index (χ1v) is 9.11. The molecule has 1 saturated heterocycles. The van der Waals surface area contributed by atoms with E-state index < -0.39 is 0 Å². The molecule has 2 unspecified atom stereocenters. The summed E-state index contributed by atoms with van der Waals surface area (Å²) in [5.74, 6) is 2.59. The molecule has 0 spiro atoms. The topological polar surface area (TPSA) is 73.5 Å². The minimum absolute atomic E-state index is 0.0918. The van der Waals surface area contributed by atoms with E-state index in [9.17, 15) is 0 Å². The number of aromatic nitrogens is 2. The zero-order chi connectivity index (χ0) is 18.8. The molecule has 2 N–H and O–H groups in total. The molecule has 2 atom stereocenters. The number of hydrogen-bond acceptors (Lipinski definition) is 6. The lowest BCUT2D eigenvalue weighted by molar-refractivity contribution is 0.355. The first kappa shape index (κ1) is 17.5. The highest BCUT2D eigenvalue weighted by Crippen LogP contribution is 2.36. The fraction of sp³-hybridized carbons (Fsp3) is 0.333. The maximum absolute atomic E-state index is 6.41. The Morgan fingerprint density at radius 1 is 1.00 bits per heavy atom. The number of nitrogens with zero attached hydrogens (tertiary/aromatic N) is 3. The lowest BCUT2D eigenvalue weighted by Gasteiger charge is -2.37. The van der Waals surface area contributed by atoms with Crippen LogP contribution in [0.2, 0.25) is 0 Å². The van der Waals surface area contributed by atoms with E-state index in [-0.39, 0.29) is 6.04 Å². The number of piperidine rings is 1. The Labute approximate surface area is 158 Å². The van der Waals surface area contributed by atoms with E-state index in [4.69, 9.17) is 15.2 Å². The van der Waals surface area contributed by atoms with E-state index in [0.717, 1.165) is 36.2 Å². The Kier molecular flexibility index (Phi) is 4.81. The Balaban J connectivity index is 1.74. The summed E-state index contributed by atoms with van der Waals surface area (Å²) in [6, 6.07) is 14.5. The molecule has 0 radical (unpaired) electrons. The number of methoxy groups -OCH3 is 2. The van der Waals surface area contributed by atoms with Crippen LogP contribution in [0.25, 0.3) is 10.9 Å². The summed E-state index contributed by atoms with van der Waals surface area (Å²) in [5, 5.41) is 0.941. The van der Waals surface area contributed by atoms with Gasteiger partial charge < -0.3 is 20.1 Å². The number of anilines is 1. The quantitative estimate of drug-likeness (QED) is 0.767. The minimum Gasteiger partial charge on any atom is -0.493 e. The summed E-state index contributed by atoms with van der Waals surface area (Å²) in [6.07, 6.45) is 2.57. The average Bonchev–Trinajstić information content (AvgIpc) is 2.72. The molecular weight excluding hydrogens is 340 g/mol. The van der Waals surface area contributed by atoms with E-state index in [1.807, 2.05) is 18.2 Å². The second-order valence-corrected chi connectivity index (χ2v) is 6.93. The molecule has 2 heterocycles. The van der Waals surface area contributed by atoms with Gasteiger partial charge in [0.25, 0.3) is 0 Å². The third kappa shape index (κ3) is 3.40. The highest BCUT2D eigenvalue weighted by atomic mass is 16.5. The van der Waals surface area contributed by atoms with Crippen molar-refractivity contribution >= 4 is 16.7 Å². The summed E-state index contributed by atoms with van der Waals surface area (Å²) in [6.45, 7) is 1.64. The molecule has 1 fully saturated rings. The van der Waals surface area contributed by atoms with Crippen LogP contribution in [0.5, 0.6) is 11.5 Å². The lowest BCUT2D eigenvalue weighted by Crippen LogP contribution is -2.46. The summed E-state index contributed by atoms with van der Waals surface area (Å²) in [7, 11) is 3.26. The third-order valence-corrected chi connectivity index (χ3v) is 5.17. The Morgan fingerprint density at radius 2 is 1.74 bits per heavy atom. The van der Waals surface area contributed by atoms with Crippen LogP contribution in [-0.2, 0) is 0 Å². The van der Waals surface area contributed by atoms with Crippen molar-refractivity contribution in [1.82, 2.24) is 9.97 Å². The second kappa shape index (κ2) is 7.40. The van der Waals surface area contributed by atoms with Crippen molar-refractivity contribution in [3.63, 3.8) is 0 Å². The zero-order valence-corrected chi connectivity index (χ0v) is 15.6. The molecule has 0 amide bonds. The molecule has 27 heavy (non-hydrogen) atoms. The SMILES string of the molecule is COc1cc2ncnc(N3CC(N)CC(c4ccccc4)C3)c2cc1OC. The molecule has 0 aliphatic carbocycles. The largest absolute Gasteiger partial charge is 0.493 e. The molecule has 6 heteroatoms. The van der Waals surface area contributed by atoms with Gasteiger partial charge in [-0.05, 0) is 18.1 Å². The van der Waals surface area contributed by atoms with E-state index in [0.29, 0.717) is 17.4 Å². The van der Waals surface area contributed by atoms with Crippen LogP contribution in [0.3, 0.4) is 0 Å². The maximum Gasteiger partial charge on any atom is 0.162 e. The molecule has 0 bridgehead atoms. The predicted molar refractivity (Wildman–Crippen MR) is 107 cm³/mol. The molecule has 140 valence electrons. The number of benzene rings is 2. The second-order valence-electron chi connectivity index (χ2n) is 6.93. The van der Waals surface area contributed by atoms with Crippen molar-refractivity contribution in [2.24, 2.45) is 5.73 Å². The number of rotatable bonds is 4. The number of nitrogens with two attached hydrogens (primary N) is 1. The molecule has 3 aromatic rings. The summed E-state index contributed by atoms with van der Waals surface area (Å²) in [4.78, 5) is 11.3. The highest BCUT2D eigenvalue weighted by Gasteiger charge is 2.28. The minimum atomic E-state index is 0.0918. The van der Waals surface area contributed by atoms with Crippen molar-refractivity contribution in [2.45, 2.75) is 18.4 Å². The fourth-order valence-corrected chi connectivity index (χ4v) is 3.90. The van der Waals surface area contributed by atoms with Gasteiger partial charge in [-0.2, -0.15) is 0 Å². The van der Waals surface area contributed by atoms with Crippen molar-refractivity contribution in [3.8, 4) is 11.5 Å². The molecule has 1 aromatic heterocycles. The van der Waals surface area contributed by atoms with E-state index >= 15 is 0 Å². The Hall–Kier alpha value is -2.86. The Morgan fingerprint density at radius 3 is 2.48 bits per heavy atom. The monoisotopic (exact) mass is 364 g/mol. The molecule has 0 saturated carbocycles. The van der Waals surface area contributed by atoms with E-state index in [1.165, 1.54) is 5.56 Å². The molecular formula is C21H24N4O2. The van der Waals surface area contributed by atoms with Crippen LogP contribution in [0.15, 0.2) is 48.8 Å². The summed E-state index contributed by atoms with van der Waals surface area (Å²) in [5.41, 5.74) is 8.55. The van der Waals surface area contributed by atoms with Gasteiger partial charge in [-0.25, -0.2) is 9.97 Å². The number of ether oxygens (including phenoxy) is 2. The third-order valence-electron chi connectivity index (χ3n) is 5.17. The smallest absolute Gasteiger partial charge is 0.162 e. The number of fused-ring (bicyclic) bond motifs is 1. The van der Waals surface area contributed by atoms with Crippen molar-refractivity contribution < 1.29 is 9.47 Å². The summed E-state index contributed by atoms with van der Waals surface area (Å²) >= 11 is 0. The van der Waals surface area contributed by atoms with Gasteiger partial charge in [0.05, 0.1) is 19.7 Å². The predicted octanol–water partition coefficient (Wildman–Crippen LogP) is 2.97. The molecule has 4 rings (SSSR count). The molecule has 2 aromatic carbocycles. The van der Waals surface area contributed by atoms with E-state index in [1.54, 1.807) is 20.5 Å². The lowest BCUT2D eigenvalue weighted by atomic mass is 9.88. The van der Waals surface area contributed by atoms with Gasteiger partial charge in [0, 0.05) is 36.5 Å². The number of hydrogen-bond donors (Lipinski definition) is 1. The van der Waals surface area contributed by atoms with Crippen molar-refractivity contribution in [2.75, 3.05) is 32.2 Å². The van der Waals surface area contributed by atoms with Crippen LogP contribution in [0, 0.1) is 0 Å². The molecule has 1 aliphatic heterocycles. The van der Waals surface area contributed by atoms with Gasteiger partial charge in [-0.15, -0.1) is 0 Å². The van der Waals surface area contributed by atoms with Crippen molar-refractivity contribution in [3.05, 3.63) is 54.4 Å². The van der Waals surface area contributed by atoms with Crippen LogP contribution < -0.4 is 20.1 Å². The van der Waals surface area contributed by atoms with Crippen LogP contribution >= 0.6 is 0 Å². The average molecular weight is 364 g/mol. The van der Waals surface area contributed by atoms with Crippen LogP contribution in [-0.4, -0.2) is 43.3 Å². The van der Waals surface area contributed by atoms with E-state index in [2.05, 4.69) is 39.1 Å². The van der Waals surface area contributed by atoms with Gasteiger partial charge in [-0.1, -0.05) is 30.3 Å². The molecule has 6 nitrogen and oxygen atoms in total. The first-order valence-electron chi connectivity index (χ1n) is 9.11. The van der Waals surface area contributed by atoms with Gasteiger partial charge in [0.15, 0.2) is 11.5 Å². The van der Waals surface area contributed by atoms with Crippen LogP contribution in [0.1, 0.15) is 17.9 Å². The normalized spacial score (nSPS) is 19.9. The van der Waals surface area contributed by atoms with Crippen molar-refractivity contribution in [1.29, 1.82) is 0 Å².